The highest BCUT2D eigenvalue weighted by Crippen LogP contribution is 2.24. The Morgan fingerprint density at radius 2 is 1.85 bits per heavy atom. The lowest BCUT2D eigenvalue weighted by Gasteiger charge is -2.31. The zero-order valence-electron chi connectivity index (χ0n) is 12.0. The van der Waals surface area contributed by atoms with E-state index >= 15 is 0 Å². The molecule has 20 heavy (non-hydrogen) atoms. The topological polar surface area (TPSA) is 68.5 Å². The van der Waals surface area contributed by atoms with Crippen molar-refractivity contribution < 1.29 is 0 Å². The highest BCUT2D eigenvalue weighted by Gasteiger charge is 2.25. The summed E-state index contributed by atoms with van der Waals surface area (Å²) in [5, 5.41) is 3.57. The van der Waals surface area contributed by atoms with Crippen LogP contribution in [0.1, 0.15) is 40.0 Å². The lowest BCUT2D eigenvalue weighted by atomic mass is 9.90. The minimum Gasteiger partial charge on any atom is -0.349 e. The molecule has 0 bridgehead atoms. The van der Waals surface area contributed by atoms with Crippen molar-refractivity contribution in [3.05, 3.63) is 24.0 Å². The molecule has 0 spiro atoms. The Kier molecular flexibility index (Phi) is 4.54. The van der Waals surface area contributed by atoms with Crippen molar-refractivity contribution in [2.45, 2.75) is 45.6 Å². The van der Waals surface area contributed by atoms with Gasteiger partial charge in [0.05, 0.1) is 0 Å². The van der Waals surface area contributed by atoms with Crippen molar-refractivity contribution in [1.82, 2.24) is 24.5 Å². The number of rotatable bonds is 6. The fraction of sp³-hybridized carbons (Fsp3) is 0.538. The summed E-state index contributed by atoms with van der Waals surface area (Å²) >= 11 is 5.99. The summed E-state index contributed by atoms with van der Waals surface area (Å²) in [6.45, 7) is 6.46. The first-order valence-corrected chi connectivity index (χ1v) is 7.18. The van der Waals surface area contributed by atoms with Crippen molar-refractivity contribution in [2.75, 3.05) is 5.32 Å². The zero-order valence-corrected chi connectivity index (χ0v) is 12.7. The van der Waals surface area contributed by atoms with E-state index < -0.39 is 0 Å². The molecule has 2 rings (SSSR count). The average Bonchev–Trinajstić information content (AvgIpc) is 2.98. The van der Waals surface area contributed by atoms with Crippen LogP contribution >= 0.6 is 11.6 Å². The second-order valence-electron chi connectivity index (χ2n) is 4.66. The third-order valence-electron chi connectivity index (χ3n) is 3.74. The second kappa shape index (κ2) is 6.17. The molecule has 2 aromatic heterocycles. The third-order valence-corrected chi connectivity index (χ3v) is 3.91. The number of nitrogens with one attached hydrogen (secondary N) is 1. The Bertz CT molecular complexity index is 542. The molecule has 0 saturated carbocycles. The molecule has 2 heterocycles. The van der Waals surface area contributed by atoms with E-state index in [9.17, 15) is 0 Å². The Morgan fingerprint density at radius 1 is 1.15 bits per heavy atom. The van der Waals surface area contributed by atoms with E-state index in [2.05, 4.69) is 46.0 Å². The number of hydrogen-bond acceptors (Lipinski definition) is 5. The Labute approximate surface area is 123 Å². The number of nitrogens with zero attached hydrogens (tertiary/aromatic N) is 5. The minimum atomic E-state index is -0.0170. The van der Waals surface area contributed by atoms with E-state index in [1.807, 2.05) is 0 Å². The average molecular weight is 295 g/mol. The van der Waals surface area contributed by atoms with Crippen molar-refractivity contribution in [3.8, 4) is 5.95 Å². The van der Waals surface area contributed by atoms with Gasteiger partial charge in [0, 0.05) is 17.9 Å². The molecule has 108 valence electrons. The van der Waals surface area contributed by atoms with Crippen LogP contribution in [0, 0.1) is 0 Å². The molecule has 0 radical (unpaired) electrons. The van der Waals surface area contributed by atoms with E-state index in [4.69, 9.17) is 11.6 Å². The van der Waals surface area contributed by atoms with Gasteiger partial charge in [0.1, 0.15) is 6.33 Å². The predicted octanol–water partition coefficient (Wildman–Crippen LogP) is 3.09. The maximum atomic E-state index is 5.99. The third kappa shape index (κ3) is 3.07. The number of hydrogen-bond donors (Lipinski definition) is 1. The number of aromatic nitrogens is 5. The van der Waals surface area contributed by atoms with E-state index in [1.165, 1.54) is 0 Å². The summed E-state index contributed by atoms with van der Waals surface area (Å²) in [5.74, 6) is 0.960. The molecule has 0 aliphatic heterocycles. The number of halogens is 1. The first-order valence-electron chi connectivity index (χ1n) is 6.80. The SMILES string of the molecule is CCC(CC)(CC)Nc1nc(Cl)nc(-n2ccnc2)n1. The zero-order chi connectivity index (χ0) is 14.6. The van der Waals surface area contributed by atoms with Gasteiger partial charge in [-0.05, 0) is 30.9 Å². The lowest BCUT2D eigenvalue weighted by molar-refractivity contribution is 0.417. The van der Waals surface area contributed by atoms with E-state index in [0.717, 1.165) is 19.3 Å². The summed E-state index contributed by atoms with van der Waals surface area (Å²) in [7, 11) is 0. The summed E-state index contributed by atoms with van der Waals surface area (Å²) in [5.41, 5.74) is -0.0170. The molecule has 7 heteroatoms. The molecular weight excluding hydrogens is 276 g/mol. The van der Waals surface area contributed by atoms with Gasteiger partial charge >= 0.3 is 0 Å². The molecule has 0 saturated heterocycles. The van der Waals surface area contributed by atoms with Crippen molar-refractivity contribution >= 4 is 17.5 Å². The molecule has 0 aromatic carbocycles. The monoisotopic (exact) mass is 294 g/mol. The Hall–Kier alpha value is -1.69. The maximum Gasteiger partial charge on any atom is 0.241 e. The van der Waals surface area contributed by atoms with Crippen molar-refractivity contribution in [1.29, 1.82) is 0 Å². The molecule has 0 aliphatic carbocycles. The summed E-state index contributed by atoms with van der Waals surface area (Å²) in [6, 6.07) is 0. The van der Waals surface area contributed by atoms with Crippen LogP contribution in [-0.4, -0.2) is 30.0 Å². The van der Waals surface area contributed by atoms with Gasteiger partial charge in [0.15, 0.2) is 0 Å². The number of anilines is 1. The van der Waals surface area contributed by atoms with Crippen LogP contribution in [0.2, 0.25) is 5.28 Å². The molecule has 2 aromatic rings. The predicted molar refractivity (Wildman–Crippen MR) is 79.2 cm³/mol. The molecule has 0 unspecified atom stereocenters. The van der Waals surface area contributed by atoms with E-state index in [-0.39, 0.29) is 10.8 Å². The minimum absolute atomic E-state index is 0.0170. The first-order chi connectivity index (χ1) is 9.62. The molecule has 0 amide bonds. The van der Waals surface area contributed by atoms with Gasteiger partial charge in [-0.25, -0.2) is 4.98 Å². The fourth-order valence-corrected chi connectivity index (χ4v) is 2.30. The Balaban J connectivity index is 2.33. The van der Waals surface area contributed by atoms with Gasteiger partial charge in [0.2, 0.25) is 17.2 Å². The van der Waals surface area contributed by atoms with E-state index in [0.29, 0.717) is 11.9 Å². The standard InChI is InChI=1S/C13H19ClN6/c1-4-13(5-2,6-3)19-11-16-10(14)17-12(18-11)20-8-7-15-9-20/h7-9H,4-6H2,1-3H3,(H,16,17,18,19). The smallest absolute Gasteiger partial charge is 0.241 e. The largest absolute Gasteiger partial charge is 0.349 e. The van der Waals surface area contributed by atoms with Crippen LogP contribution in [-0.2, 0) is 0 Å². The van der Waals surface area contributed by atoms with E-state index in [1.54, 1.807) is 23.3 Å². The highest BCUT2D eigenvalue weighted by atomic mass is 35.5. The first kappa shape index (κ1) is 14.7. The van der Waals surface area contributed by atoms with Gasteiger partial charge in [-0.15, -0.1) is 0 Å². The molecular formula is C13H19ClN6. The molecule has 1 N–H and O–H groups in total. The van der Waals surface area contributed by atoms with Crippen LogP contribution < -0.4 is 5.32 Å². The molecule has 0 aliphatic rings. The highest BCUT2D eigenvalue weighted by molar-refractivity contribution is 6.28. The van der Waals surface area contributed by atoms with Crippen LogP contribution in [0.3, 0.4) is 0 Å². The quantitative estimate of drug-likeness (QED) is 0.886. The normalized spacial score (nSPS) is 11.6. The summed E-state index contributed by atoms with van der Waals surface area (Å²) in [4.78, 5) is 16.7. The fourth-order valence-electron chi connectivity index (χ4n) is 2.14. The summed E-state index contributed by atoms with van der Waals surface area (Å²) < 4.78 is 1.70. The van der Waals surface area contributed by atoms with Crippen LogP contribution in [0.4, 0.5) is 5.95 Å². The van der Waals surface area contributed by atoms with Gasteiger partial charge in [-0.2, -0.15) is 15.0 Å². The van der Waals surface area contributed by atoms with Gasteiger partial charge in [-0.1, -0.05) is 20.8 Å². The maximum absolute atomic E-state index is 5.99. The number of imidazole rings is 1. The Morgan fingerprint density at radius 3 is 2.40 bits per heavy atom. The summed E-state index contributed by atoms with van der Waals surface area (Å²) in [6.07, 6.45) is 8.03. The van der Waals surface area contributed by atoms with Gasteiger partial charge in [0.25, 0.3) is 0 Å². The van der Waals surface area contributed by atoms with Gasteiger partial charge in [-0.3, -0.25) is 4.57 Å². The van der Waals surface area contributed by atoms with Gasteiger partial charge < -0.3 is 5.32 Å². The van der Waals surface area contributed by atoms with Crippen molar-refractivity contribution in [3.63, 3.8) is 0 Å². The van der Waals surface area contributed by atoms with Crippen LogP contribution in [0.5, 0.6) is 0 Å². The molecule has 0 fully saturated rings. The molecule has 6 nitrogen and oxygen atoms in total. The lowest BCUT2D eigenvalue weighted by Crippen LogP contribution is -2.37. The van der Waals surface area contributed by atoms with Crippen molar-refractivity contribution in [2.24, 2.45) is 0 Å². The second-order valence-corrected chi connectivity index (χ2v) is 5.00. The van der Waals surface area contributed by atoms with Crippen LogP contribution in [0.15, 0.2) is 18.7 Å². The van der Waals surface area contributed by atoms with Crippen LogP contribution in [0.25, 0.3) is 5.95 Å². The molecule has 0 atom stereocenters.